The van der Waals surface area contributed by atoms with E-state index in [9.17, 15) is 0 Å². The highest BCUT2D eigenvalue weighted by Gasteiger charge is 2.18. The molecule has 1 unspecified atom stereocenters. The number of benzene rings is 1. The molecule has 2 nitrogen and oxygen atoms in total. The van der Waals surface area contributed by atoms with E-state index in [-0.39, 0.29) is 5.38 Å². The van der Waals surface area contributed by atoms with Crippen molar-refractivity contribution in [2.24, 2.45) is 0 Å². The van der Waals surface area contributed by atoms with Gasteiger partial charge in [0.2, 0.25) is 0 Å². The number of thiophene rings is 1. The molecular formula is C13H11Cl3O2S. The molecule has 0 aliphatic carbocycles. The summed E-state index contributed by atoms with van der Waals surface area (Å²) in [5.41, 5.74) is 1.67. The SMILES string of the molecule is COc1ccc(C(Cl)c2cc(Cl)sc2Cl)cc1OC. The summed E-state index contributed by atoms with van der Waals surface area (Å²) in [4.78, 5) is 0. The summed E-state index contributed by atoms with van der Waals surface area (Å²) in [7, 11) is 3.17. The van der Waals surface area contributed by atoms with Crippen LogP contribution >= 0.6 is 46.1 Å². The Labute approximate surface area is 130 Å². The zero-order chi connectivity index (χ0) is 14.0. The monoisotopic (exact) mass is 336 g/mol. The fraction of sp³-hybridized carbons (Fsp3) is 0.231. The maximum absolute atomic E-state index is 6.44. The van der Waals surface area contributed by atoms with E-state index in [2.05, 4.69) is 0 Å². The molecular weight excluding hydrogens is 327 g/mol. The van der Waals surface area contributed by atoms with E-state index in [1.54, 1.807) is 20.3 Å². The quantitative estimate of drug-likeness (QED) is 0.695. The maximum Gasteiger partial charge on any atom is 0.161 e. The van der Waals surface area contributed by atoms with E-state index >= 15 is 0 Å². The maximum atomic E-state index is 6.44. The molecule has 0 N–H and O–H groups in total. The first-order valence-corrected chi connectivity index (χ1v) is 7.38. The third kappa shape index (κ3) is 3.11. The van der Waals surface area contributed by atoms with Gasteiger partial charge in [0.25, 0.3) is 0 Å². The van der Waals surface area contributed by atoms with Crippen molar-refractivity contribution in [3.8, 4) is 11.5 Å². The van der Waals surface area contributed by atoms with Gasteiger partial charge >= 0.3 is 0 Å². The lowest BCUT2D eigenvalue weighted by Gasteiger charge is -2.13. The number of hydrogen-bond donors (Lipinski definition) is 0. The van der Waals surface area contributed by atoms with Crippen molar-refractivity contribution in [1.29, 1.82) is 0 Å². The molecule has 0 aliphatic rings. The Morgan fingerprint density at radius 2 is 1.74 bits per heavy atom. The average molecular weight is 338 g/mol. The van der Waals surface area contributed by atoms with Crippen LogP contribution in [0.25, 0.3) is 0 Å². The number of rotatable bonds is 4. The smallest absolute Gasteiger partial charge is 0.161 e. The fourth-order valence-corrected chi connectivity index (χ4v) is 3.68. The zero-order valence-corrected chi connectivity index (χ0v) is 13.3. The highest BCUT2D eigenvalue weighted by molar-refractivity contribution is 7.20. The predicted octanol–water partition coefficient (Wildman–Crippen LogP) is 5.40. The Morgan fingerprint density at radius 1 is 1.05 bits per heavy atom. The second-order valence-electron chi connectivity index (χ2n) is 3.76. The first-order chi connectivity index (χ1) is 9.06. The lowest BCUT2D eigenvalue weighted by molar-refractivity contribution is 0.354. The van der Waals surface area contributed by atoms with E-state index in [0.717, 1.165) is 11.1 Å². The second-order valence-corrected chi connectivity index (χ2v) is 6.48. The number of hydrogen-bond acceptors (Lipinski definition) is 3. The average Bonchev–Trinajstić information content (AvgIpc) is 2.76. The molecule has 0 aliphatic heterocycles. The molecule has 19 heavy (non-hydrogen) atoms. The van der Waals surface area contributed by atoms with Crippen LogP contribution in [0.5, 0.6) is 11.5 Å². The summed E-state index contributed by atoms with van der Waals surface area (Å²) in [5.74, 6) is 1.28. The first-order valence-electron chi connectivity index (χ1n) is 5.37. The van der Waals surface area contributed by atoms with Gasteiger partial charge in [0.05, 0.1) is 28.3 Å². The first kappa shape index (κ1) is 14.8. The van der Waals surface area contributed by atoms with Gasteiger partial charge in [-0.3, -0.25) is 0 Å². The molecule has 0 radical (unpaired) electrons. The molecule has 0 fully saturated rings. The number of methoxy groups -OCH3 is 2. The lowest BCUT2D eigenvalue weighted by atomic mass is 10.1. The molecule has 2 aromatic rings. The molecule has 6 heteroatoms. The predicted molar refractivity (Wildman–Crippen MR) is 81.6 cm³/mol. The van der Waals surface area contributed by atoms with Crippen LogP contribution < -0.4 is 9.47 Å². The highest BCUT2D eigenvalue weighted by Crippen LogP contribution is 2.42. The summed E-state index contributed by atoms with van der Waals surface area (Å²) in [6.45, 7) is 0. The van der Waals surface area contributed by atoms with Crippen molar-refractivity contribution in [1.82, 2.24) is 0 Å². The van der Waals surface area contributed by atoms with E-state index in [1.807, 2.05) is 18.2 Å². The Hall–Kier alpha value is -0.610. The van der Waals surface area contributed by atoms with Crippen LogP contribution in [-0.4, -0.2) is 14.2 Å². The van der Waals surface area contributed by atoms with Crippen LogP contribution in [-0.2, 0) is 0 Å². The molecule has 1 aromatic heterocycles. The molecule has 2 rings (SSSR count). The normalized spacial score (nSPS) is 12.3. The van der Waals surface area contributed by atoms with Crippen molar-refractivity contribution >= 4 is 46.1 Å². The number of alkyl halides is 1. The van der Waals surface area contributed by atoms with Crippen molar-refractivity contribution in [2.75, 3.05) is 14.2 Å². The molecule has 1 aromatic carbocycles. The van der Waals surface area contributed by atoms with Gasteiger partial charge < -0.3 is 9.47 Å². The number of halogens is 3. The van der Waals surface area contributed by atoms with Crippen molar-refractivity contribution in [2.45, 2.75) is 5.38 Å². The highest BCUT2D eigenvalue weighted by atomic mass is 35.5. The largest absolute Gasteiger partial charge is 0.493 e. The van der Waals surface area contributed by atoms with Crippen LogP contribution in [0, 0.1) is 0 Å². The molecule has 102 valence electrons. The molecule has 0 amide bonds. The third-order valence-electron chi connectivity index (χ3n) is 2.66. The fourth-order valence-electron chi connectivity index (χ4n) is 1.72. The minimum atomic E-state index is -0.379. The van der Waals surface area contributed by atoms with Gasteiger partial charge in [-0.2, -0.15) is 0 Å². The molecule has 1 heterocycles. The van der Waals surface area contributed by atoms with Gasteiger partial charge in [-0.15, -0.1) is 22.9 Å². The van der Waals surface area contributed by atoms with Crippen LogP contribution in [0.2, 0.25) is 8.67 Å². The van der Waals surface area contributed by atoms with E-state index in [0.29, 0.717) is 20.2 Å². The van der Waals surface area contributed by atoms with Crippen LogP contribution in [0.15, 0.2) is 24.3 Å². The van der Waals surface area contributed by atoms with Crippen LogP contribution in [0.4, 0.5) is 0 Å². The number of ether oxygens (including phenoxy) is 2. The summed E-state index contributed by atoms with van der Waals surface area (Å²) in [6.07, 6.45) is 0. The minimum Gasteiger partial charge on any atom is -0.493 e. The third-order valence-corrected chi connectivity index (χ3v) is 4.66. The Balaban J connectivity index is 2.39. The van der Waals surface area contributed by atoms with Gasteiger partial charge in [-0.1, -0.05) is 29.3 Å². The summed E-state index contributed by atoms with van der Waals surface area (Å²) >= 11 is 19.8. The molecule has 1 atom stereocenters. The lowest BCUT2D eigenvalue weighted by Crippen LogP contribution is -1.96. The topological polar surface area (TPSA) is 18.5 Å². The van der Waals surface area contributed by atoms with Crippen molar-refractivity contribution in [3.05, 3.63) is 44.1 Å². The standard InChI is InChI=1S/C13H11Cl3O2S/c1-17-9-4-3-7(5-10(9)18-2)12(15)8-6-11(14)19-13(8)16/h3-6,12H,1-2H3. The van der Waals surface area contributed by atoms with Gasteiger partial charge in [0, 0.05) is 5.56 Å². The minimum absolute atomic E-state index is 0.379. The van der Waals surface area contributed by atoms with E-state index in [1.165, 1.54) is 11.3 Å². The van der Waals surface area contributed by atoms with Gasteiger partial charge in [0.15, 0.2) is 11.5 Å². The van der Waals surface area contributed by atoms with Gasteiger partial charge in [-0.05, 0) is 23.8 Å². The molecule has 0 bridgehead atoms. The molecule has 0 saturated carbocycles. The van der Waals surface area contributed by atoms with Crippen molar-refractivity contribution < 1.29 is 9.47 Å². The van der Waals surface area contributed by atoms with E-state index < -0.39 is 0 Å². The van der Waals surface area contributed by atoms with Crippen LogP contribution in [0.1, 0.15) is 16.5 Å². The summed E-state index contributed by atoms with van der Waals surface area (Å²) in [5, 5.41) is -0.379. The van der Waals surface area contributed by atoms with Gasteiger partial charge in [-0.25, -0.2) is 0 Å². The second kappa shape index (κ2) is 6.23. The summed E-state index contributed by atoms with van der Waals surface area (Å²) < 4.78 is 11.7. The van der Waals surface area contributed by atoms with Gasteiger partial charge in [0.1, 0.15) is 0 Å². The zero-order valence-electron chi connectivity index (χ0n) is 10.2. The summed E-state index contributed by atoms with van der Waals surface area (Å²) in [6, 6.07) is 7.30. The van der Waals surface area contributed by atoms with E-state index in [4.69, 9.17) is 44.3 Å². The Kier molecular flexibility index (Phi) is 4.85. The molecule has 0 saturated heterocycles. The van der Waals surface area contributed by atoms with Crippen molar-refractivity contribution in [3.63, 3.8) is 0 Å². The van der Waals surface area contributed by atoms with Crippen LogP contribution in [0.3, 0.4) is 0 Å². The Bertz CT molecular complexity index is 583. The molecule has 0 spiro atoms. The Morgan fingerprint density at radius 3 is 2.26 bits per heavy atom.